The summed E-state index contributed by atoms with van der Waals surface area (Å²) in [6.07, 6.45) is 10.9. The Hall–Kier alpha value is -1.20. The normalized spacial score (nSPS) is 24.9. The van der Waals surface area contributed by atoms with Crippen molar-refractivity contribution < 1.29 is 24.9 Å². The molecule has 0 amide bonds. The molecule has 0 bridgehead atoms. The third-order valence-corrected chi connectivity index (χ3v) is 5.04. The molecule has 1 aliphatic rings. The lowest BCUT2D eigenvalue weighted by Gasteiger charge is -2.17. The van der Waals surface area contributed by atoms with E-state index in [1.807, 2.05) is 19.1 Å². The van der Waals surface area contributed by atoms with Crippen LogP contribution in [-0.2, 0) is 9.59 Å². The van der Waals surface area contributed by atoms with Gasteiger partial charge in [0.05, 0.1) is 12.2 Å². The predicted molar refractivity (Wildman–Crippen MR) is 97.2 cm³/mol. The molecule has 0 aromatic heterocycles. The van der Waals surface area contributed by atoms with Crippen molar-refractivity contribution in [1.29, 1.82) is 0 Å². The van der Waals surface area contributed by atoms with Crippen LogP contribution < -0.4 is 0 Å². The first kappa shape index (κ1) is 21.8. The van der Waals surface area contributed by atoms with Crippen molar-refractivity contribution in [3.05, 3.63) is 12.2 Å². The maximum absolute atomic E-state index is 12.1. The molecule has 0 heterocycles. The monoisotopic (exact) mass is 354 g/mol. The van der Waals surface area contributed by atoms with Crippen molar-refractivity contribution >= 4 is 11.8 Å². The van der Waals surface area contributed by atoms with Gasteiger partial charge in [-0.15, -0.1) is 0 Å². The molecule has 1 saturated carbocycles. The number of allylic oxidation sites excluding steroid dienone is 1. The van der Waals surface area contributed by atoms with Crippen LogP contribution in [0.15, 0.2) is 12.2 Å². The molecular weight excluding hydrogens is 320 g/mol. The highest BCUT2D eigenvalue weighted by Gasteiger charge is 2.39. The van der Waals surface area contributed by atoms with Crippen molar-refractivity contribution in [2.24, 2.45) is 11.8 Å². The minimum absolute atomic E-state index is 0.116. The summed E-state index contributed by atoms with van der Waals surface area (Å²) in [5.74, 6) is -0.858. The molecule has 0 spiro atoms. The Labute approximate surface area is 151 Å². The maximum atomic E-state index is 12.1. The average molecular weight is 354 g/mol. The van der Waals surface area contributed by atoms with Gasteiger partial charge in [-0.1, -0.05) is 44.8 Å². The number of Topliss-reactive ketones (excluding diaryl/α,β-unsaturated/α-hetero) is 1. The fourth-order valence-electron chi connectivity index (χ4n) is 3.61. The van der Waals surface area contributed by atoms with E-state index in [2.05, 4.69) is 0 Å². The van der Waals surface area contributed by atoms with E-state index >= 15 is 0 Å². The fraction of sp³-hybridized carbons (Fsp3) is 0.800. The summed E-state index contributed by atoms with van der Waals surface area (Å²) in [6.45, 7) is 2.05. The SMILES string of the molecule is CCC[C@H](O)CC/C=C/[C@H]1[C@H](O)CC(=O)[C@@H]1CCCCCCC(=O)O. The number of hydrogen-bond acceptors (Lipinski definition) is 4. The van der Waals surface area contributed by atoms with Gasteiger partial charge in [0.15, 0.2) is 0 Å². The number of hydrogen-bond donors (Lipinski definition) is 3. The van der Waals surface area contributed by atoms with Crippen LogP contribution in [0.25, 0.3) is 0 Å². The van der Waals surface area contributed by atoms with E-state index in [9.17, 15) is 19.8 Å². The van der Waals surface area contributed by atoms with Crippen molar-refractivity contribution in [2.45, 2.75) is 89.8 Å². The predicted octanol–water partition coefficient (Wildman–Crippen LogP) is 3.48. The van der Waals surface area contributed by atoms with E-state index in [0.717, 1.165) is 51.4 Å². The smallest absolute Gasteiger partial charge is 0.303 e. The van der Waals surface area contributed by atoms with E-state index < -0.39 is 12.1 Å². The Morgan fingerprint density at radius 1 is 1.24 bits per heavy atom. The van der Waals surface area contributed by atoms with Crippen molar-refractivity contribution in [3.63, 3.8) is 0 Å². The third-order valence-electron chi connectivity index (χ3n) is 5.04. The van der Waals surface area contributed by atoms with Gasteiger partial charge in [-0.25, -0.2) is 0 Å². The van der Waals surface area contributed by atoms with Crippen LogP contribution in [-0.4, -0.2) is 39.3 Å². The van der Waals surface area contributed by atoms with Gasteiger partial charge in [0.2, 0.25) is 0 Å². The molecule has 5 nitrogen and oxygen atoms in total. The summed E-state index contributed by atoms with van der Waals surface area (Å²) in [6, 6.07) is 0. The summed E-state index contributed by atoms with van der Waals surface area (Å²) >= 11 is 0. The van der Waals surface area contributed by atoms with Crippen molar-refractivity contribution in [1.82, 2.24) is 0 Å². The summed E-state index contributed by atoms with van der Waals surface area (Å²) < 4.78 is 0. The third kappa shape index (κ3) is 8.63. The number of carboxylic acids is 1. The van der Waals surface area contributed by atoms with Crippen LogP contribution in [0.3, 0.4) is 0 Å². The van der Waals surface area contributed by atoms with Gasteiger partial charge in [-0.2, -0.15) is 0 Å². The molecular formula is C20H34O5. The minimum Gasteiger partial charge on any atom is -0.481 e. The Kier molecular flexibility index (Phi) is 10.7. The van der Waals surface area contributed by atoms with E-state index in [1.54, 1.807) is 0 Å². The largest absolute Gasteiger partial charge is 0.481 e. The van der Waals surface area contributed by atoms with Crippen LogP contribution in [0.4, 0.5) is 0 Å². The van der Waals surface area contributed by atoms with E-state index in [1.165, 1.54) is 0 Å². The average Bonchev–Trinajstić information content (AvgIpc) is 2.81. The maximum Gasteiger partial charge on any atom is 0.303 e. The molecule has 0 unspecified atom stereocenters. The Morgan fingerprint density at radius 2 is 1.96 bits per heavy atom. The van der Waals surface area contributed by atoms with Crippen LogP contribution in [0, 0.1) is 11.8 Å². The molecule has 1 fully saturated rings. The van der Waals surface area contributed by atoms with Crippen LogP contribution in [0.2, 0.25) is 0 Å². The van der Waals surface area contributed by atoms with Gasteiger partial charge >= 0.3 is 5.97 Å². The lowest BCUT2D eigenvalue weighted by molar-refractivity contribution is -0.137. The molecule has 25 heavy (non-hydrogen) atoms. The van der Waals surface area contributed by atoms with Gasteiger partial charge in [0.25, 0.3) is 0 Å². The van der Waals surface area contributed by atoms with Crippen molar-refractivity contribution in [2.75, 3.05) is 0 Å². The number of carbonyl (C=O) groups excluding carboxylic acids is 1. The van der Waals surface area contributed by atoms with Gasteiger partial charge in [0.1, 0.15) is 5.78 Å². The van der Waals surface area contributed by atoms with E-state index in [-0.39, 0.29) is 36.6 Å². The second kappa shape index (κ2) is 12.2. The number of rotatable bonds is 13. The number of ketones is 1. The molecule has 1 rings (SSSR count). The van der Waals surface area contributed by atoms with Crippen LogP contribution in [0.1, 0.15) is 77.6 Å². The summed E-state index contributed by atoms with van der Waals surface area (Å²) in [5, 5.41) is 28.5. The Morgan fingerprint density at radius 3 is 2.64 bits per heavy atom. The second-order valence-electron chi connectivity index (χ2n) is 7.22. The van der Waals surface area contributed by atoms with Crippen molar-refractivity contribution in [3.8, 4) is 0 Å². The highest BCUT2D eigenvalue weighted by Crippen LogP contribution is 2.34. The molecule has 0 aromatic carbocycles. The van der Waals surface area contributed by atoms with Gasteiger partial charge in [0, 0.05) is 24.7 Å². The zero-order chi connectivity index (χ0) is 18.7. The lowest BCUT2D eigenvalue weighted by Crippen LogP contribution is -2.18. The highest BCUT2D eigenvalue weighted by atomic mass is 16.4. The number of aliphatic hydroxyl groups excluding tert-OH is 2. The molecule has 0 radical (unpaired) electrons. The topological polar surface area (TPSA) is 94.8 Å². The summed E-state index contributed by atoms with van der Waals surface area (Å²) in [7, 11) is 0. The molecule has 5 heteroatoms. The highest BCUT2D eigenvalue weighted by molar-refractivity contribution is 5.84. The second-order valence-corrected chi connectivity index (χ2v) is 7.22. The summed E-state index contributed by atoms with van der Waals surface area (Å²) in [4.78, 5) is 22.6. The first-order valence-corrected chi connectivity index (χ1v) is 9.73. The number of carbonyl (C=O) groups is 2. The first-order valence-electron chi connectivity index (χ1n) is 9.73. The molecule has 0 aromatic rings. The number of carboxylic acid groups (broad SMARTS) is 1. The summed E-state index contributed by atoms with van der Waals surface area (Å²) in [5.41, 5.74) is 0. The fourth-order valence-corrected chi connectivity index (χ4v) is 3.61. The number of aliphatic hydroxyl groups is 2. The van der Waals surface area contributed by atoms with Gasteiger partial charge < -0.3 is 15.3 Å². The Bertz CT molecular complexity index is 432. The minimum atomic E-state index is -0.761. The number of aliphatic carboxylic acids is 1. The van der Waals surface area contributed by atoms with Gasteiger partial charge in [-0.3, -0.25) is 9.59 Å². The first-order chi connectivity index (χ1) is 12.0. The van der Waals surface area contributed by atoms with Crippen LogP contribution >= 0.6 is 0 Å². The van der Waals surface area contributed by atoms with E-state index in [0.29, 0.717) is 6.42 Å². The molecule has 4 atom stereocenters. The zero-order valence-electron chi connectivity index (χ0n) is 15.4. The molecule has 0 aliphatic heterocycles. The lowest BCUT2D eigenvalue weighted by atomic mass is 9.88. The molecule has 1 aliphatic carbocycles. The Balaban J connectivity index is 2.34. The standard InChI is InChI=1S/C20H34O5/c1-2-9-15(21)10-7-8-12-17-16(18(22)14-19(17)23)11-5-3-4-6-13-20(24)25/h8,12,15-17,19,21,23H,2-7,9-11,13-14H2,1H3,(H,24,25)/b12-8+/t15-,16+,17+,19+/m0/s1. The number of unbranched alkanes of at least 4 members (excludes halogenated alkanes) is 3. The molecule has 144 valence electrons. The molecule has 0 saturated heterocycles. The van der Waals surface area contributed by atoms with Crippen LogP contribution in [0.5, 0.6) is 0 Å². The quantitative estimate of drug-likeness (QED) is 0.348. The molecule has 3 N–H and O–H groups in total. The zero-order valence-corrected chi connectivity index (χ0v) is 15.4. The van der Waals surface area contributed by atoms with Gasteiger partial charge in [-0.05, 0) is 32.1 Å². The van der Waals surface area contributed by atoms with E-state index in [4.69, 9.17) is 5.11 Å².